The fraction of sp³-hybridized carbons (Fsp3) is 0.400. The molecule has 1 aliphatic heterocycles. The van der Waals surface area contributed by atoms with Gasteiger partial charge in [-0.25, -0.2) is 0 Å². The van der Waals surface area contributed by atoms with Gasteiger partial charge in [0.15, 0.2) is 11.4 Å². The summed E-state index contributed by atoms with van der Waals surface area (Å²) in [5.41, 5.74) is 0.924. The van der Waals surface area contributed by atoms with Crippen molar-refractivity contribution < 1.29 is 9.53 Å². The first kappa shape index (κ1) is 19.0. The molecule has 1 aromatic heterocycles. The van der Waals surface area contributed by atoms with Gasteiger partial charge in [-0.05, 0) is 26.6 Å². The number of fused-ring (bicyclic) bond motifs is 1. The number of benzene rings is 1. The second-order valence-electron chi connectivity index (χ2n) is 7.16. The van der Waals surface area contributed by atoms with Crippen LogP contribution in [-0.2, 0) is 6.61 Å². The Balaban J connectivity index is 1.94. The van der Waals surface area contributed by atoms with E-state index in [4.69, 9.17) is 4.74 Å². The molecule has 1 unspecified atom stereocenters. The minimum absolute atomic E-state index is 0.000909. The molecule has 0 spiro atoms. The van der Waals surface area contributed by atoms with Crippen LogP contribution in [0.15, 0.2) is 47.4 Å². The van der Waals surface area contributed by atoms with Gasteiger partial charge in [-0.15, -0.1) is 0 Å². The molecule has 1 aromatic carbocycles. The molecular formula is C20H26N4O3. The van der Waals surface area contributed by atoms with Gasteiger partial charge in [0.2, 0.25) is 5.43 Å². The summed E-state index contributed by atoms with van der Waals surface area (Å²) < 4.78 is 7.53. The van der Waals surface area contributed by atoms with E-state index in [-0.39, 0.29) is 35.4 Å². The first-order chi connectivity index (χ1) is 12.9. The maximum Gasteiger partial charge on any atom is 0.278 e. The predicted octanol–water partition coefficient (Wildman–Crippen LogP) is 1.36. The van der Waals surface area contributed by atoms with Crippen molar-refractivity contribution in [3.63, 3.8) is 0 Å². The van der Waals surface area contributed by atoms with Crippen molar-refractivity contribution in [3.8, 4) is 5.75 Å². The van der Waals surface area contributed by atoms with Crippen molar-refractivity contribution in [3.05, 3.63) is 64.1 Å². The highest BCUT2D eigenvalue weighted by Gasteiger charge is 2.34. The van der Waals surface area contributed by atoms with Crippen molar-refractivity contribution in [2.24, 2.45) is 0 Å². The lowest BCUT2D eigenvalue weighted by atomic mass is 10.2. The third kappa shape index (κ3) is 3.98. The summed E-state index contributed by atoms with van der Waals surface area (Å²) in [6.07, 6.45) is 1.62. The smallest absolute Gasteiger partial charge is 0.278 e. The summed E-state index contributed by atoms with van der Waals surface area (Å²) >= 11 is 0. The van der Waals surface area contributed by atoms with Gasteiger partial charge in [0.1, 0.15) is 13.3 Å². The maximum atomic E-state index is 13.2. The summed E-state index contributed by atoms with van der Waals surface area (Å²) in [6, 6.07) is 11.0. The molecule has 0 aliphatic carbocycles. The highest BCUT2D eigenvalue weighted by molar-refractivity contribution is 5.96. The Kier molecular flexibility index (Phi) is 5.51. The average molecular weight is 370 g/mol. The van der Waals surface area contributed by atoms with Crippen LogP contribution in [0.25, 0.3) is 0 Å². The molecule has 0 N–H and O–H groups in total. The van der Waals surface area contributed by atoms with Gasteiger partial charge in [0, 0.05) is 31.9 Å². The highest BCUT2D eigenvalue weighted by atomic mass is 16.5. The Bertz CT molecular complexity index is 863. The van der Waals surface area contributed by atoms with Gasteiger partial charge >= 0.3 is 0 Å². The number of carbonyl (C=O) groups is 1. The number of hydrogen-bond acceptors (Lipinski definition) is 5. The number of pyridine rings is 1. The molecular weight excluding hydrogens is 344 g/mol. The number of hydrogen-bond donors (Lipinski definition) is 0. The molecule has 1 atom stereocenters. The highest BCUT2D eigenvalue weighted by Crippen LogP contribution is 2.22. The number of likely N-dealkylation sites (N-methyl/N-ethyl adjacent to an activating group) is 1. The van der Waals surface area contributed by atoms with E-state index in [0.717, 1.165) is 12.1 Å². The zero-order valence-corrected chi connectivity index (χ0v) is 16.3. The molecule has 0 saturated heterocycles. The van der Waals surface area contributed by atoms with Crippen molar-refractivity contribution in [1.82, 2.24) is 14.5 Å². The Labute approximate surface area is 159 Å². The fourth-order valence-corrected chi connectivity index (χ4v) is 3.31. The molecule has 7 nitrogen and oxygen atoms in total. The van der Waals surface area contributed by atoms with Gasteiger partial charge in [-0.1, -0.05) is 30.3 Å². The van der Waals surface area contributed by atoms with Gasteiger partial charge < -0.3 is 14.5 Å². The molecule has 7 heteroatoms. The standard InChI is InChI=1S/C20H26N4O3/c1-15(12-21(2)3)23-14-22(4)24-11-10-17(25)19(18(24)20(23)26)27-13-16-8-6-5-7-9-16/h5-11,15H,12-14H2,1-4H3. The van der Waals surface area contributed by atoms with E-state index in [9.17, 15) is 9.59 Å². The van der Waals surface area contributed by atoms with Crippen LogP contribution in [0.4, 0.5) is 0 Å². The first-order valence-electron chi connectivity index (χ1n) is 8.98. The van der Waals surface area contributed by atoms with E-state index in [1.54, 1.807) is 15.8 Å². The molecule has 1 aliphatic rings. The van der Waals surface area contributed by atoms with Gasteiger partial charge in [0.25, 0.3) is 5.91 Å². The molecule has 144 valence electrons. The molecule has 0 radical (unpaired) electrons. The third-order valence-corrected chi connectivity index (χ3v) is 4.61. The van der Waals surface area contributed by atoms with Gasteiger partial charge in [-0.3, -0.25) is 19.3 Å². The van der Waals surface area contributed by atoms with E-state index in [2.05, 4.69) is 0 Å². The number of carbonyl (C=O) groups excluding carboxylic acids is 1. The second kappa shape index (κ2) is 7.84. The second-order valence-corrected chi connectivity index (χ2v) is 7.16. The largest absolute Gasteiger partial charge is 0.482 e. The molecule has 3 rings (SSSR count). The van der Waals surface area contributed by atoms with E-state index < -0.39 is 0 Å². The van der Waals surface area contributed by atoms with Crippen LogP contribution in [0.3, 0.4) is 0 Å². The van der Waals surface area contributed by atoms with Crippen LogP contribution in [-0.4, -0.2) is 60.8 Å². The van der Waals surface area contributed by atoms with Crippen LogP contribution >= 0.6 is 0 Å². The van der Waals surface area contributed by atoms with Crippen LogP contribution in [0, 0.1) is 0 Å². The monoisotopic (exact) mass is 370 g/mol. The molecule has 2 heterocycles. The van der Waals surface area contributed by atoms with Crippen molar-refractivity contribution in [2.45, 2.75) is 19.6 Å². The lowest BCUT2D eigenvalue weighted by Crippen LogP contribution is -2.56. The van der Waals surface area contributed by atoms with Gasteiger partial charge in [0.05, 0.1) is 0 Å². The van der Waals surface area contributed by atoms with Crippen molar-refractivity contribution >= 4 is 5.91 Å². The molecule has 0 fully saturated rings. The number of amides is 1. The molecule has 1 amide bonds. The van der Waals surface area contributed by atoms with Crippen LogP contribution in [0.5, 0.6) is 5.75 Å². The molecule has 27 heavy (non-hydrogen) atoms. The SMILES string of the molecule is CC(CN(C)C)N1CN(C)n2ccc(=O)c(OCc3ccccc3)c2C1=O. The zero-order valence-electron chi connectivity index (χ0n) is 16.3. The zero-order chi connectivity index (χ0) is 19.6. The normalized spacial score (nSPS) is 15.1. The Hall–Kier alpha value is -2.80. The summed E-state index contributed by atoms with van der Waals surface area (Å²) in [4.78, 5) is 29.5. The minimum Gasteiger partial charge on any atom is -0.482 e. The number of nitrogens with zero attached hydrogens (tertiary/aromatic N) is 4. The van der Waals surface area contributed by atoms with E-state index in [0.29, 0.717) is 6.67 Å². The topological polar surface area (TPSA) is 58.0 Å². The van der Waals surface area contributed by atoms with Crippen molar-refractivity contribution in [2.75, 3.05) is 39.4 Å². The third-order valence-electron chi connectivity index (χ3n) is 4.61. The van der Waals surface area contributed by atoms with Gasteiger partial charge in [-0.2, -0.15) is 0 Å². The molecule has 0 bridgehead atoms. The quantitative estimate of drug-likeness (QED) is 0.769. The molecule has 2 aromatic rings. The molecule has 0 saturated carbocycles. The lowest BCUT2D eigenvalue weighted by molar-refractivity contribution is 0.0592. The summed E-state index contributed by atoms with van der Waals surface area (Å²) in [6.45, 7) is 3.42. The van der Waals surface area contributed by atoms with Crippen LogP contribution in [0.1, 0.15) is 23.0 Å². The number of aromatic nitrogens is 1. The van der Waals surface area contributed by atoms with Crippen LogP contribution < -0.4 is 15.2 Å². The summed E-state index contributed by atoms with van der Waals surface area (Å²) in [5.74, 6) is -0.0943. The minimum atomic E-state index is -0.291. The summed E-state index contributed by atoms with van der Waals surface area (Å²) in [7, 11) is 5.83. The lowest BCUT2D eigenvalue weighted by Gasteiger charge is -2.41. The fourth-order valence-electron chi connectivity index (χ4n) is 3.31. The number of rotatable bonds is 6. The van der Waals surface area contributed by atoms with E-state index in [1.807, 2.05) is 68.3 Å². The predicted molar refractivity (Wildman–Crippen MR) is 105 cm³/mol. The average Bonchev–Trinajstić information content (AvgIpc) is 2.63. The summed E-state index contributed by atoms with van der Waals surface area (Å²) in [5, 5.41) is 1.90. The van der Waals surface area contributed by atoms with Crippen molar-refractivity contribution in [1.29, 1.82) is 0 Å². The van der Waals surface area contributed by atoms with Crippen LogP contribution in [0.2, 0.25) is 0 Å². The van der Waals surface area contributed by atoms with E-state index >= 15 is 0 Å². The number of ether oxygens (including phenoxy) is 1. The maximum absolute atomic E-state index is 13.2. The van der Waals surface area contributed by atoms with E-state index in [1.165, 1.54) is 6.07 Å². The Morgan fingerprint density at radius 2 is 1.85 bits per heavy atom. The Morgan fingerprint density at radius 1 is 1.15 bits per heavy atom. The first-order valence-corrected chi connectivity index (χ1v) is 8.98. The Morgan fingerprint density at radius 3 is 2.52 bits per heavy atom.